The maximum absolute atomic E-state index is 13.5. The summed E-state index contributed by atoms with van der Waals surface area (Å²) in [5, 5.41) is 121. The van der Waals surface area contributed by atoms with Gasteiger partial charge in [-0.15, -0.1) is 0 Å². The van der Waals surface area contributed by atoms with Crippen LogP contribution in [0.3, 0.4) is 0 Å². The minimum Gasteiger partial charge on any atom is -0.394 e. The van der Waals surface area contributed by atoms with E-state index >= 15 is 0 Å². The fourth-order valence-electron chi connectivity index (χ4n) is 13.5. The number of amides is 1. The highest BCUT2D eigenvalue weighted by Crippen LogP contribution is 2.33. The lowest BCUT2D eigenvalue weighted by Crippen LogP contribution is -2.66. The first kappa shape index (κ1) is 97.4. The smallest absolute Gasteiger partial charge is 0.220 e. The third-order valence-electron chi connectivity index (χ3n) is 20.2. The van der Waals surface area contributed by atoms with Crippen LogP contribution in [0.5, 0.6) is 0 Å². The molecule has 0 saturated carbocycles. The van der Waals surface area contributed by atoms with E-state index in [-0.39, 0.29) is 18.9 Å². The van der Waals surface area contributed by atoms with Crippen molar-refractivity contribution in [2.45, 2.75) is 401 Å². The molecule has 0 spiro atoms. The molecule has 1 amide bonds. The average Bonchev–Trinajstić information content (AvgIpc) is 0.782. The van der Waals surface area contributed by atoms with Crippen molar-refractivity contribution in [2.75, 3.05) is 26.4 Å². The molecule has 12 N–H and O–H groups in total. The maximum Gasteiger partial charge on any atom is 0.220 e. The van der Waals surface area contributed by atoms with Gasteiger partial charge >= 0.3 is 0 Å². The Morgan fingerprint density at radius 1 is 0.346 bits per heavy atom. The predicted octanol–water partition coefficient (Wildman–Crippen LogP) is 15.1. The number of unbranched alkanes of at least 4 members (excludes halogenated alkanes) is 32. The Hall–Kier alpha value is -3.81. The van der Waals surface area contributed by atoms with E-state index in [1.165, 1.54) is 173 Å². The molecule has 3 heterocycles. The molecular formula is C88H151NO18. The van der Waals surface area contributed by atoms with Crippen LogP contribution in [0.4, 0.5) is 0 Å². The van der Waals surface area contributed by atoms with Crippen molar-refractivity contribution in [1.82, 2.24) is 5.32 Å². The molecule has 19 nitrogen and oxygen atoms in total. The first-order chi connectivity index (χ1) is 52.3. The first-order valence-corrected chi connectivity index (χ1v) is 42.3. The number of aliphatic hydroxyl groups excluding tert-OH is 11. The van der Waals surface area contributed by atoms with Crippen molar-refractivity contribution in [3.8, 4) is 0 Å². The number of allylic oxidation sites excluding steroid dienone is 19. The van der Waals surface area contributed by atoms with Crippen LogP contribution in [0.2, 0.25) is 0 Å². The van der Waals surface area contributed by atoms with E-state index in [4.69, 9.17) is 28.4 Å². The molecule has 0 aromatic carbocycles. The van der Waals surface area contributed by atoms with E-state index in [2.05, 4.69) is 129 Å². The number of ether oxygens (including phenoxy) is 6. The Kier molecular flexibility index (Phi) is 60.8. The summed E-state index contributed by atoms with van der Waals surface area (Å²) < 4.78 is 34.4. The highest BCUT2D eigenvalue weighted by atomic mass is 16.8. The minimum absolute atomic E-state index is 0.231. The van der Waals surface area contributed by atoms with E-state index in [1.807, 2.05) is 6.08 Å². The second-order valence-corrected chi connectivity index (χ2v) is 29.6. The predicted molar refractivity (Wildman–Crippen MR) is 429 cm³/mol. The molecule has 3 fully saturated rings. The molecule has 3 saturated heterocycles. The van der Waals surface area contributed by atoms with Crippen molar-refractivity contribution in [3.63, 3.8) is 0 Å². The van der Waals surface area contributed by atoms with Gasteiger partial charge < -0.3 is 89.9 Å². The van der Waals surface area contributed by atoms with Gasteiger partial charge in [-0.3, -0.25) is 4.79 Å². The average molecular weight is 1510 g/mol. The first-order valence-electron chi connectivity index (χ1n) is 42.3. The van der Waals surface area contributed by atoms with Crippen LogP contribution >= 0.6 is 0 Å². The topological polar surface area (TPSA) is 307 Å². The number of carbonyl (C=O) groups excluding carboxylic acids is 1. The number of nitrogens with one attached hydrogen (secondary N) is 1. The highest BCUT2D eigenvalue weighted by Gasteiger charge is 2.54. The van der Waals surface area contributed by atoms with E-state index in [1.54, 1.807) is 6.08 Å². The Bertz CT molecular complexity index is 2410. The molecule has 0 bridgehead atoms. The Labute approximate surface area is 646 Å². The molecule has 0 aromatic heterocycles. The summed E-state index contributed by atoms with van der Waals surface area (Å²) in [6.07, 6.45) is 67.6. The number of carbonyl (C=O) groups is 1. The van der Waals surface area contributed by atoms with Gasteiger partial charge in [0, 0.05) is 6.42 Å². The van der Waals surface area contributed by atoms with Gasteiger partial charge in [0.2, 0.25) is 5.91 Å². The van der Waals surface area contributed by atoms with Gasteiger partial charge in [-0.1, -0.05) is 315 Å². The van der Waals surface area contributed by atoms with Gasteiger partial charge in [0.25, 0.3) is 0 Å². The van der Waals surface area contributed by atoms with Crippen LogP contribution in [-0.2, 0) is 33.2 Å². The van der Waals surface area contributed by atoms with Crippen LogP contribution in [0, 0.1) is 0 Å². The minimum atomic E-state index is -1.99. The van der Waals surface area contributed by atoms with Crippen molar-refractivity contribution in [1.29, 1.82) is 0 Å². The number of aliphatic hydroxyl groups is 11. The number of hydrogen-bond acceptors (Lipinski definition) is 18. The molecule has 107 heavy (non-hydrogen) atoms. The summed E-state index contributed by atoms with van der Waals surface area (Å²) in [6, 6.07) is -0.997. The molecule has 17 atom stereocenters. The lowest BCUT2D eigenvalue weighted by atomic mass is 9.96. The van der Waals surface area contributed by atoms with E-state index < -0.39 is 124 Å². The van der Waals surface area contributed by atoms with Crippen LogP contribution in [-0.4, -0.2) is 193 Å². The van der Waals surface area contributed by atoms with Gasteiger partial charge in [0.05, 0.1) is 38.6 Å². The van der Waals surface area contributed by atoms with Gasteiger partial charge in [0.1, 0.15) is 73.2 Å². The zero-order valence-corrected chi connectivity index (χ0v) is 66.1. The molecule has 3 aliphatic heterocycles. The summed E-state index contributed by atoms with van der Waals surface area (Å²) in [5.74, 6) is -0.286. The molecule has 17 unspecified atom stereocenters. The quantitative estimate of drug-likeness (QED) is 0.0199. The van der Waals surface area contributed by atoms with Gasteiger partial charge in [-0.05, 0) is 96.3 Å². The van der Waals surface area contributed by atoms with Crippen LogP contribution in [0.15, 0.2) is 122 Å². The second kappa shape index (κ2) is 66.8. The molecule has 616 valence electrons. The molecular weight excluding hydrogens is 1360 g/mol. The van der Waals surface area contributed by atoms with E-state index in [0.29, 0.717) is 12.8 Å². The summed E-state index contributed by atoms with van der Waals surface area (Å²) in [5.41, 5.74) is 0. The zero-order valence-electron chi connectivity index (χ0n) is 66.1. The molecule has 0 aliphatic carbocycles. The largest absolute Gasteiger partial charge is 0.394 e. The van der Waals surface area contributed by atoms with Crippen molar-refractivity contribution in [3.05, 3.63) is 122 Å². The Morgan fingerprint density at radius 3 is 1.05 bits per heavy atom. The monoisotopic (exact) mass is 1510 g/mol. The maximum atomic E-state index is 13.5. The highest BCUT2D eigenvalue weighted by molar-refractivity contribution is 5.76. The fraction of sp³-hybridized carbons (Fsp3) is 0.761. The standard InChI is InChI=1S/C88H151NO18/c1-3-5-7-9-11-13-15-17-19-21-23-25-26-27-28-29-30-31-32-33-34-35-36-37-38-39-40-41-42-43-44-46-48-50-52-54-56-58-60-62-64-66-76(94)89-71(72(93)65-63-61-59-57-55-53-51-49-47-45-24-22-20-18-16-14-12-10-8-6-4-2)70-102-86-82(100)79(97)84(74(68-91)104-86)107-88-83(101)80(98)85(75(69-92)105-88)106-87-81(99)78(96)77(95)73(67-90)103-87/h5,7,11,13,17,19,23,25,27-28,30-31,33-34,36-37,55,57,63,65,71-75,77-88,90-93,95-101H,3-4,6,8-10,12,14-16,18,20-22,24,26,29,32,35,38-54,56,58-62,64,66-70H2,1-2H3,(H,89,94)/b7-5-,13-11-,19-17-,25-23-,28-27-,31-30-,34-33-,37-36-,57-55+,65-63+. The molecule has 0 radical (unpaired) electrons. The normalized spacial score (nSPS) is 26.2. The summed E-state index contributed by atoms with van der Waals surface area (Å²) >= 11 is 0. The van der Waals surface area contributed by atoms with Crippen LogP contribution < -0.4 is 5.32 Å². The third-order valence-corrected chi connectivity index (χ3v) is 20.2. The lowest BCUT2D eigenvalue weighted by molar-refractivity contribution is -0.379. The summed E-state index contributed by atoms with van der Waals surface area (Å²) in [6.45, 7) is 1.62. The van der Waals surface area contributed by atoms with Crippen molar-refractivity contribution < 1.29 is 89.4 Å². The van der Waals surface area contributed by atoms with Gasteiger partial charge in [0.15, 0.2) is 18.9 Å². The second-order valence-electron chi connectivity index (χ2n) is 29.6. The van der Waals surface area contributed by atoms with Gasteiger partial charge in [-0.25, -0.2) is 0 Å². The lowest BCUT2D eigenvalue weighted by Gasteiger charge is -2.48. The zero-order chi connectivity index (χ0) is 77.4. The van der Waals surface area contributed by atoms with Gasteiger partial charge in [-0.2, -0.15) is 0 Å². The Morgan fingerprint density at radius 2 is 0.654 bits per heavy atom. The summed E-state index contributed by atoms with van der Waals surface area (Å²) in [4.78, 5) is 13.5. The molecule has 19 heteroatoms. The van der Waals surface area contributed by atoms with Crippen LogP contribution in [0.1, 0.15) is 296 Å². The summed E-state index contributed by atoms with van der Waals surface area (Å²) in [7, 11) is 0. The van der Waals surface area contributed by atoms with Crippen LogP contribution in [0.25, 0.3) is 0 Å². The van der Waals surface area contributed by atoms with E-state index in [0.717, 1.165) is 89.9 Å². The molecule has 0 aromatic rings. The SMILES string of the molecule is CC/C=C\C/C=C\C/C=C\C/C=C\C/C=C\C/C=C\C/C=C\C/C=C\CCCCCCCCCCCCCCCCCCC(=O)NC(COC1OC(CO)C(OC2OC(CO)C(OC3OC(CO)C(O)C(O)C3O)C(O)C2O)C(O)C1O)C(O)/C=C/CC/C=C/CCCCCCCCCCCCCCCCC. The van der Waals surface area contributed by atoms with E-state index in [9.17, 15) is 61.0 Å². The third kappa shape index (κ3) is 46.1. The number of rotatable bonds is 66. The fourth-order valence-corrected chi connectivity index (χ4v) is 13.5. The molecule has 3 rings (SSSR count). The number of hydrogen-bond donors (Lipinski definition) is 12. The van der Waals surface area contributed by atoms with Crippen molar-refractivity contribution >= 4 is 5.91 Å². The Balaban J connectivity index is 1.33. The van der Waals surface area contributed by atoms with Crippen molar-refractivity contribution in [2.24, 2.45) is 0 Å². The molecule has 3 aliphatic rings.